The highest BCUT2D eigenvalue weighted by atomic mass is 19.2. The molecule has 0 aliphatic carbocycles. The van der Waals surface area contributed by atoms with Gasteiger partial charge in [-0.1, -0.05) is 92.8 Å². The smallest absolute Gasteiger partial charge is 0.167 e. The van der Waals surface area contributed by atoms with Crippen molar-refractivity contribution < 1.29 is 22.6 Å². The number of aryl methyl sites for hydroxylation is 1. The molecule has 0 radical (unpaired) electrons. The molecule has 0 atom stereocenters. The minimum Gasteiger partial charge on any atom is -0.491 e. The molecule has 2 nitrogen and oxygen atoms in total. The van der Waals surface area contributed by atoms with Crippen LogP contribution in [0.4, 0.5) is 13.2 Å². The van der Waals surface area contributed by atoms with Crippen molar-refractivity contribution in [1.82, 2.24) is 0 Å². The lowest BCUT2D eigenvalue weighted by molar-refractivity contribution is 0.290. The Kier molecular flexibility index (Phi) is 9.47. The van der Waals surface area contributed by atoms with Gasteiger partial charge in [0.25, 0.3) is 0 Å². The lowest BCUT2D eigenvalue weighted by atomic mass is 10.0. The predicted octanol–water partition coefficient (Wildman–Crippen LogP) is 9.67. The van der Waals surface area contributed by atoms with Crippen LogP contribution in [0.5, 0.6) is 11.5 Å². The molecule has 198 valence electrons. The topological polar surface area (TPSA) is 18.5 Å². The number of unbranched alkanes of at least 4 members (excludes halogenated alkanes) is 4. The molecule has 0 fully saturated rings. The Balaban J connectivity index is 1.35. The molecule has 0 aromatic heterocycles. The van der Waals surface area contributed by atoms with E-state index in [0.717, 1.165) is 24.0 Å². The van der Waals surface area contributed by atoms with Gasteiger partial charge in [-0.05, 0) is 54.3 Å². The normalized spacial score (nSPS) is 11.0. The van der Waals surface area contributed by atoms with Crippen LogP contribution in [0.25, 0.3) is 22.3 Å². The Morgan fingerprint density at radius 3 is 2.03 bits per heavy atom. The molecule has 5 heteroatoms. The Labute approximate surface area is 223 Å². The van der Waals surface area contributed by atoms with Crippen molar-refractivity contribution in [3.05, 3.63) is 107 Å². The summed E-state index contributed by atoms with van der Waals surface area (Å²) in [5, 5.41) is 0. The Morgan fingerprint density at radius 2 is 1.32 bits per heavy atom. The standard InChI is InChI=1S/C33H33F3O2/c1-3-4-5-6-7-20-37-31-19-15-26(21-30(31)34)24-12-16-28(17-13-24)38-22-27-14-18-29(33(36)32(27)35)25-10-8-23(2)9-11-25/h8-19,21H,3-7,20,22H2,1-2H3. The van der Waals surface area contributed by atoms with E-state index >= 15 is 0 Å². The van der Waals surface area contributed by atoms with Crippen LogP contribution in [0.2, 0.25) is 0 Å². The largest absolute Gasteiger partial charge is 0.491 e. The lowest BCUT2D eigenvalue weighted by Gasteiger charge is -2.12. The van der Waals surface area contributed by atoms with Crippen LogP contribution < -0.4 is 9.47 Å². The molecule has 0 aliphatic rings. The van der Waals surface area contributed by atoms with Crippen molar-refractivity contribution in [2.24, 2.45) is 0 Å². The Hall–Kier alpha value is -3.73. The van der Waals surface area contributed by atoms with Crippen molar-refractivity contribution in [1.29, 1.82) is 0 Å². The van der Waals surface area contributed by atoms with E-state index in [-0.39, 0.29) is 23.5 Å². The minimum absolute atomic E-state index is 0.116. The molecule has 38 heavy (non-hydrogen) atoms. The van der Waals surface area contributed by atoms with Crippen LogP contribution in [-0.4, -0.2) is 6.61 Å². The number of hydrogen-bond acceptors (Lipinski definition) is 2. The van der Waals surface area contributed by atoms with E-state index in [1.54, 1.807) is 54.6 Å². The molecule has 0 spiro atoms. The van der Waals surface area contributed by atoms with Gasteiger partial charge in [0.1, 0.15) is 12.4 Å². The van der Waals surface area contributed by atoms with E-state index in [9.17, 15) is 13.2 Å². The number of hydrogen-bond donors (Lipinski definition) is 0. The van der Waals surface area contributed by atoms with Crippen molar-refractivity contribution in [3.63, 3.8) is 0 Å². The third kappa shape index (κ3) is 6.97. The molecule has 4 aromatic carbocycles. The van der Waals surface area contributed by atoms with Crippen molar-refractivity contribution in [2.45, 2.75) is 52.6 Å². The summed E-state index contributed by atoms with van der Waals surface area (Å²) in [7, 11) is 0. The number of rotatable bonds is 12. The summed E-state index contributed by atoms with van der Waals surface area (Å²) in [6, 6.07) is 22.4. The summed E-state index contributed by atoms with van der Waals surface area (Å²) in [5.41, 5.74) is 3.53. The van der Waals surface area contributed by atoms with Gasteiger partial charge >= 0.3 is 0 Å². The highest BCUT2D eigenvalue weighted by molar-refractivity contribution is 5.66. The molecule has 0 saturated carbocycles. The lowest BCUT2D eigenvalue weighted by Crippen LogP contribution is -2.02. The fourth-order valence-corrected chi connectivity index (χ4v) is 4.25. The van der Waals surface area contributed by atoms with Crippen LogP contribution >= 0.6 is 0 Å². The number of halogens is 3. The Morgan fingerprint density at radius 1 is 0.632 bits per heavy atom. The summed E-state index contributed by atoms with van der Waals surface area (Å²) in [5.74, 6) is -1.45. The maximum absolute atomic E-state index is 14.7. The molecule has 0 heterocycles. The van der Waals surface area contributed by atoms with E-state index in [2.05, 4.69) is 6.92 Å². The molecule has 4 aromatic rings. The van der Waals surface area contributed by atoms with Gasteiger partial charge in [-0.25, -0.2) is 13.2 Å². The van der Waals surface area contributed by atoms with E-state index in [0.29, 0.717) is 23.5 Å². The van der Waals surface area contributed by atoms with Crippen molar-refractivity contribution >= 4 is 0 Å². The van der Waals surface area contributed by atoms with E-state index in [4.69, 9.17) is 9.47 Å². The number of benzene rings is 4. The van der Waals surface area contributed by atoms with Crippen LogP contribution in [-0.2, 0) is 6.61 Å². The van der Waals surface area contributed by atoms with Gasteiger partial charge in [0.2, 0.25) is 0 Å². The zero-order valence-corrected chi connectivity index (χ0v) is 21.9. The third-order valence-corrected chi connectivity index (χ3v) is 6.54. The Bertz CT molecular complexity index is 1330. The molecule has 0 amide bonds. The molecule has 0 unspecified atom stereocenters. The second-order valence-electron chi connectivity index (χ2n) is 9.49. The summed E-state index contributed by atoms with van der Waals surface area (Å²) in [6.45, 7) is 4.50. The summed E-state index contributed by atoms with van der Waals surface area (Å²) in [4.78, 5) is 0. The maximum Gasteiger partial charge on any atom is 0.167 e. The summed E-state index contributed by atoms with van der Waals surface area (Å²) < 4.78 is 55.3. The highest BCUT2D eigenvalue weighted by Gasteiger charge is 2.15. The van der Waals surface area contributed by atoms with Gasteiger partial charge in [0.15, 0.2) is 23.2 Å². The van der Waals surface area contributed by atoms with Crippen molar-refractivity contribution in [3.8, 4) is 33.8 Å². The van der Waals surface area contributed by atoms with Gasteiger partial charge in [-0.15, -0.1) is 0 Å². The fraction of sp³-hybridized carbons (Fsp3) is 0.273. The van der Waals surface area contributed by atoms with Crippen LogP contribution in [0.15, 0.2) is 78.9 Å². The van der Waals surface area contributed by atoms with Crippen LogP contribution in [0, 0.1) is 24.4 Å². The third-order valence-electron chi connectivity index (χ3n) is 6.54. The maximum atomic E-state index is 14.7. The van der Waals surface area contributed by atoms with Crippen molar-refractivity contribution in [2.75, 3.05) is 6.61 Å². The summed E-state index contributed by atoms with van der Waals surface area (Å²) >= 11 is 0. The SMILES string of the molecule is CCCCCCCOc1ccc(-c2ccc(OCc3ccc(-c4ccc(C)cc4)c(F)c3F)cc2)cc1F. The monoisotopic (exact) mass is 518 g/mol. The summed E-state index contributed by atoms with van der Waals surface area (Å²) in [6.07, 6.45) is 5.57. The quantitative estimate of drug-likeness (QED) is 0.174. The molecule has 0 N–H and O–H groups in total. The van der Waals surface area contributed by atoms with Gasteiger partial charge in [0.05, 0.1) is 6.61 Å². The first kappa shape index (κ1) is 27.3. The van der Waals surface area contributed by atoms with E-state index in [1.807, 2.05) is 25.1 Å². The van der Waals surface area contributed by atoms with Crippen LogP contribution in [0.1, 0.15) is 50.2 Å². The molecular weight excluding hydrogens is 485 g/mol. The molecule has 0 bridgehead atoms. The van der Waals surface area contributed by atoms with Gasteiger partial charge in [-0.3, -0.25) is 0 Å². The second-order valence-corrected chi connectivity index (χ2v) is 9.49. The predicted molar refractivity (Wildman–Crippen MR) is 147 cm³/mol. The molecule has 0 aliphatic heterocycles. The van der Waals surface area contributed by atoms with E-state index in [1.165, 1.54) is 25.3 Å². The average Bonchev–Trinajstić information content (AvgIpc) is 2.93. The minimum atomic E-state index is -0.918. The van der Waals surface area contributed by atoms with Gasteiger partial charge in [0, 0.05) is 11.1 Å². The van der Waals surface area contributed by atoms with E-state index < -0.39 is 17.5 Å². The van der Waals surface area contributed by atoms with Crippen LogP contribution in [0.3, 0.4) is 0 Å². The number of ether oxygens (including phenoxy) is 2. The first-order valence-electron chi connectivity index (χ1n) is 13.2. The average molecular weight is 519 g/mol. The van der Waals surface area contributed by atoms with Gasteiger partial charge in [-0.2, -0.15) is 0 Å². The molecule has 0 saturated heterocycles. The first-order chi connectivity index (χ1) is 18.5. The zero-order chi connectivity index (χ0) is 26.9. The second kappa shape index (κ2) is 13.2. The first-order valence-corrected chi connectivity index (χ1v) is 13.2. The fourth-order valence-electron chi connectivity index (χ4n) is 4.25. The zero-order valence-electron chi connectivity index (χ0n) is 21.9. The molecule has 4 rings (SSSR count). The van der Waals surface area contributed by atoms with Gasteiger partial charge < -0.3 is 9.47 Å². The molecular formula is C33H33F3O2. The highest BCUT2D eigenvalue weighted by Crippen LogP contribution is 2.29.